The fourth-order valence-corrected chi connectivity index (χ4v) is 2.96. The number of aromatic nitrogens is 3. The van der Waals surface area contributed by atoms with Crippen LogP contribution in [0.3, 0.4) is 0 Å². The van der Waals surface area contributed by atoms with Crippen LogP contribution < -0.4 is 10.2 Å². The fourth-order valence-electron chi connectivity index (χ4n) is 2.96. The summed E-state index contributed by atoms with van der Waals surface area (Å²) in [6.07, 6.45) is 3.66. The Morgan fingerprint density at radius 2 is 2.04 bits per heavy atom. The summed E-state index contributed by atoms with van der Waals surface area (Å²) in [5.74, 6) is 0.768. The molecule has 2 atom stereocenters. The van der Waals surface area contributed by atoms with Gasteiger partial charge in [-0.25, -0.2) is 4.98 Å². The van der Waals surface area contributed by atoms with Crippen LogP contribution in [0, 0.1) is 6.92 Å². The van der Waals surface area contributed by atoms with Crippen LogP contribution in [0.1, 0.15) is 35.5 Å². The highest BCUT2D eigenvalue weighted by Crippen LogP contribution is 2.18. The summed E-state index contributed by atoms with van der Waals surface area (Å²) >= 11 is 0. The van der Waals surface area contributed by atoms with Gasteiger partial charge in [0.05, 0.1) is 29.7 Å². The average molecular weight is 341 g/mol. The monoisotopic (exact) mass is 341 g/mol. The first kappa shape index (κ1) is 17.3. The highest BCUT2D eigenvalue weighted by atomic mass is 16.5. The molecule has 1 aliphatic heterocycles. The number of rotatable bonds is 4. The summed E-state index contributed by atoms with van der Waals surface area (Å²) < 4.78 is 5.75. The van der Waals surface area contributed by atoms with Crippen molar-refractivity contribution in [3.63, 3.8) is 0 Å². The van der Waals surface area contributed by atoms with E-state index in [-0.39, 0.29) is 18.1 Å². The summed E-state index contributed by atoms with van der Waals surface area (Å²) in [6.45, 7) is 8.04. The average Bonchev–Trinajstić information content (AvgIpc) is 2.59. The SMILES string of the molecule is Cc1cc(C(=O)NCc2ccc(N3CC(C)OC(C)C3)nc2)cnn1. The van der Waals surface area contributed by atoms with Crippen LogP contribution in [-0.4, -0.2) is 46.4 Å². The molecule has 1 aliphatic rings. The molecule has 1 N–H and O–H groups in total. The normalized spacial score (nSPS) is 20.4. The molecule has 0 saturated carbocycles. The second-order valence-corrected chi connectivity index (χ2v) is 6.46. The Bertz CT molecular complexity index is 725. The van der Waals surface area contributed by atoms with Crippen LogP contribution in [0.15, 0.2) is 30.6 Å². The lowest BCUT2D eigenvalue weighted by Crippen LogP contribution is -2.45. The van der Waals surface area contributed by atoms with Gasteiger partial charge in [-0.2, -0.15) is 10.2 Å². The number of amides is 1. The van der Waals surface area contributed by atoms with Crippen LogP contribution in [0.4, 0.5) is 5.82 Å². The molecule has 0 aromatic carbocycles. The highest BCUT2D eigenvalue weighted by Gasteiger charge is 2.22. The van der Waals surface area contributed by atoms with Gasteiger partial charge >= 0.3 is 0 Å². The van der Waals surface area contributed by atoms with Crippen molar-refractivity contribution in [2.24, 2.45) is 0 Å². The molecule has 3 rings (SSSR count). The smallest absolute Gasteiger partial charge is 0.253 e. The first-order chi connectivity index (χ1) is 12.0. The van der Waals surface area contributed by atoms with E-state index in [4.69, 9.17) is 4.74 Å². The van der Waals surface area contributed by atoms with Crippen LogP contribution in [0.5, 0.6) is 0 Å². The number of nitrogens with one attached hydrogen (secondary N) is 1. The fraction of sp³-hybridized carbons (Fsp3) is 0.444. The molecule has 25 heavy (non-hydrogen) atoms. The molecule has 2 aromatic heterocycles. The van der Waals surface area contributed by atoms with Crippen molar-refractivity contribution in [3.8, 4) is 0 Å². The summed E-state index contributed by atoms with van der Waals surface area (Å²) in [7, 11) is 0. The number of hydrogen-bond acceptors (Lipinski definition) is 6. The van der Waals surface area contributed by atoms with Gasteiger partial charge in [-0.15, -0.1) is 0 Å². The molecule has 7 heteroatoms. The topological polar surface area (TPSA) is 80.2 Å². The minimum Gasteiger partial charge on any atom is -0.372 e. The van der Waals surface area contributed by atoms with Gasteiger partial charge in [0.2, 0.25) is 0 Å². The molecular formula is C18H23N5O2. The third-order valence-corrected chi connectivity index (χ3v) is 4.04. The lowest BCUT2D eigenvalue weighted by atomic mass is 10.2. The number of morpholine rings is 1. The van der Waals surface area contributed by atoms with Crippen LogP contribution >= 0.6 is 0 Å². The summed E-state index contributed by atoms with van der Waals surface area (Å²) in [5.41, 5.74) is 2.17. The number of hydrogen-bond donors (Lipinski definition) is 1. The van der Waals surface area contributed by atoms with E-state index < -0.39 is 0 Å². The van der Waals surface area contributed by atoms with Crippen molar-refractivity contribution < 1.29 is 9.53 Å². The number of carbonyl (C=O) groups is 1. The number of pyridine rings is 1. The number of aryl methyl sites for hydroxylation is 1. The van der Waals surface area contributed by atoms with E-state index in [9.17, 15) is 4.79 Å². The second kappa shape index (κ2) is 7.57. The van der Waals surface area contributed by atoms with Crippen molar-refractivity contribution in [2.75, 3.05) is 18.0 Å². The minimum absolute atomic E-state index is 0.169. The predicted molar refractivity (Wildman–Crippen MR) is 94.4 cm³/mol. The Hall–Kier alpha value is -2.54. The van der Waals surface area contributed by atoms with E-state index in [0.29, 0.717) is 17.8 Å². The third-order valence-electron chi connectivity index (χ3n) is 4.04. The zero-order valence-electron chi connectivity index (χ0n) is 14.8. The largest absolute Gasteiger partial charge is 0.372 e. The Balaban J connectivity index is 1.58. The van der Waals surface area contributed by atoms with Gasteiger partial charge < -0.3 is 15.0 Å². The first-order valence-electron chi connectivity index (χ1n) is 8.44. The van der Waals surface area contributed by atoms with Crippen molar-refractivity contribution in [1.82, 2.24) is 20.5 Å². The van der Waals surface area contributed by atoms with Crippen molar-refractivity contribution in [2.45, 2.75) is 39.5 Å². The molecular weight excluding hydrogens is 318 g/mol. The minimum atomic E-state index is -0.169. The van der Waals surface area contributed by atoms with E-state index in [2.05, 4.69) is 39.2 Å². The molecule has 7 nitrogen and oxygen atoms in total. The molecule has 2 aromatic rings. The van der Waals surface area contributed by atoms with Gasteiger partial charge in [0.1, 0.15) is 5.82 Å². The molecule has 1 amide bonds. The lowest BCUT2D eigenvalue weighted by molar-refractivity contribution is -0.00546. The summed E-state index contributed by atoms with van der Waals surface area (Å²) in [6, 6.07) is 5.69. The maximum atomic E-state index is 12.1. The summed E-state index contributed by atoms with van der Waals surface area (Å²) in [5, 5.41) is 10.5. The Kier molecular flexibility index (Phi) is 5.23. The lowest BCUT2D eigenvalue weighted by Gasteiger charge is -2.36. The Labute approximate surface area is 147 Å². The van der Waals surface area contributed by atoms with Crippen molar-refractivity contribution in [3.05, 3.63) is 47.4 Å². The van der Waals surface area contributed by atoms with Crippen LogP contribution in [0.2, 0.25) is 0 Å². The zero-order valence-corrected chi connectivity index (χ0v) is 14.8. The second-order valence-electron chi connectivity index (χ2n) is 6.46. The van der Waals surface area contributed by atoms with Crippen molar-refractivity contribution in [1.29, 1.82) is 0 Å². The van der Waals surface area contributed by atoms with Gasteiger partial charge in [-0.3, -0.25) is 4.79 Å². The molecule has 0 spiro atoms. The maximum Gasteiger partial charge on any atom is 0.253 e. The third kappa shape index (κ3) is 4.51. The number of ether oxygens (including phenoxy) is 1. The number of anilines is 1. The molecule has 0 radical (unpaired) electrons. The molecule has 0 bridgehead atoms. The molecule has 132 valence electrons. The van der Waals surface area contributed by atoms with E-state index in [1.54, 1.807) is 19.2 Å². The molecule has 2 unspecified atom stereocenters. The van der Waals surface area contributed by atoms with Gasteiger partial charge in [-0.05, 0) is 38.5 Å². The van der Waals surface area contributed by atoms with Gasteiger partial charge in [-0.1, -0.05) is 6.07 Å². The van der Waals surface area contributed by atoms with E-state index in [1.165, 1.54) is 6.20 Å². The summed E-state index contributed by atoms with van der Waals surface area (Å²) in [4.78, 5) is 18.9. The molecule has 1 fully saturated rings. The predicted octanol–water partition coefficient (Wildman–Crippen LogP) is 1.72. The molecule has 0 aliphatic carbocycles. The van der Waals surface area contributed by atoms with Crippen LogP contribution in [0.25, 0.3) is 0 Å². The molecule has 1 saturated heterocycles. The Morgan fingerprint density at radius 3 is 2.68 bits per heavy atom. The zero-order chi connectivity index (χ0) is 17.8. The van der Waals surface area contributed by atoms with Gasteiger partial charge in [0.25, 0.3) is 5.91 Å². The quantitative estimate of drug-likeness (QED) is 0.912. The van der Waals surface area contributed by atoms with E-state index in [1.807, 2.05) is 12.1 Å². The van der Waals surface area contributed by atoms with Gasteiger partial charge in [0, 0.05) is 25.8 Å². The van der Waals surface area contributed by atoms with E-state index >= 15 is 0 Å². The number of nitrogens with zero attached hydrogens (tertiary/aromatic N) is 4. The highest BCUT2D eigenvalue weighted by molar-refractivity contribution is 5.93. The maximum absolute atomic E-state index is 12.1. The van der Waals surface area contributed by atoms with Gasteiger partial charge in [0.15, 0.2) is 0 Å². The number of carbonyl (C=O) groups excluding carboxylic acids is 1. The van der Waals surface area contributed by atoms with Crippen LogP contribution in [-0.2, 0) is 11.3 Å². The first-order valence-corrected chi connectivity index (χ1v) is 8.44. The van der Waals surface area contributed by atoms with Crippen molar-refractivity contribution >= 4 is 11.7 Å². The Morgan fingerprint density at radius 1 is 1.28 bits per heavy atom. The molecule has 3 heterocycles. The standard InChI is InChI=1S/C18H23N5O2/c1-12-6-16(9-21-22-12)18(24)20-8-15-4-5-17(19-7-15)23-10-13(2)25-14(3)11-23/h4-7,9,13-14H,8,10-11H2,1-3H3,(H,20,24). The van der Waals surface area contributed by atoms with E-state index in [0.717, 1.165) is 24.5 Å².